The maximum Gasteiger partial charge on any atom is 0.328 e. The third kappa shape index (κ3) is 2.39. The van der Waals surface area contributed by atoms with Gasteiger partial charge in [-0.05, 0) is 12.1 Å². The normalized spacial score (nSPS) is 10.4. The number of carboxylic acids is 1. The highest BCUT2D eigenvalue weighted by Gasteiger charge is 1.95. The molecule has 1 N–H and O–H groups in total. The summed E-state index contributed by atoms with van der Waals surface area (Å²) in [6.07, 6.45) is 2.64. The first-order valence-electron chi connectivity index (χ1n) is 3.26. The summed E-state index contributed by atoms with van der Waals surface area (Å²) in [6.45, 7) is 0. The van der Waals surface area contributed by atoms with Crippen molar-refractivity contribution in [2.24, 2.45) is 0 Å². The summed E-state index contributed by atoms with van der Waals surface area (Å²) < 4.78 is 4.93. The minimum atomic E-state index is -0.942. The number of carboxylic acid groups (broad SMARTS) is 1. The van der Waals surface area contributed by atoms with Crippen molar-refractivity contribution in [3.63, 3.8) is 0 Å². The van der Waals surface area contributed by atoms with Crippen molar-refractivity contribution in [2.75, 3.05) is 7.11 Å². The lowest BCUT2D eigenvalue weighted by atomic mass is 10.4. The molecule has 3 nitrogen and oxygen atoms in total. The average Bonchev–Trinajstić information content (AvgIpc) is 2.48. The van der Waals surface area contributed by atoms with E-state index >= 15 is 0 Å². The third-order valence-corrected chi connectivity index (χ3v) is 2.10. The first-order valence-corrected chi connectivity index (χ1v) is 4.14. The number of aliphatic carboxylic acids is 1. The largest absolute Gasteiger partial charge is 0.496 e. The van der Waals surface area contributed by atoms with Crippen molar-refractivity contribution in [1.29, 1.82) is 0 Å². The Morgan fingerprint density at radius 2 is 2.50 bits per heavy atom. The molecule has 0 bridgehead atoms. The van der Waals surface area contributed by atoms with Crippen LogP contribution < -0.4 is 4.74 Å². The monoisotopic (exact) mass is 184 g/mol. The molecule has 1 aromatic heterocycles. The second kappa shape index (κ2) is 3.92. The molecular weight excluding hydrogens is 176 g/mol. The lowest BCUT2D eigenvalue weighted by Crippen LogP contribution is -1.84. The zero-order valence-electron chi connectivity index (χ0n) is 6.48. The predicted molar refractivity (Wildman–Crippen MR) is 47.5 cm³/mol. The van der Waals surface area contributed by atoms with Crippen molar-refractivity contribution in [2.45, 2.75) is 0 Å². The summed E-state index contributed by atoms with van der Waals surface area (Å²) >= 11 is 1.44. The van der Waals surface area contributed by atoms with Crippen LogP contribution in [0.1, 0.15) is 4.88 Å². The second-order valence-corrected chi connectivity index (χ2v) is 3.00. The lowest BCUT2D eigenvalue weighted by Gasteiger charge is -1.88. The molecule has 64 valence electrons. The Kier molecular flexibility index (Phi) is 2.88. The number of methoxy groups -OCH3 is 1. The summed E-state index contributed by atoms with van der Waals surface area (Å²) in [4.78, 5) is 11.0. The molecule has 0 saturated carbocycles. The fourth-order valence-corrected chi connectivity index (χ4v) is 1.43. The van der Waals surface area contributed by atoms with E-state index in [2.05, 4.69) is 0 Å². The number of hydrogen-bond donors (Lipinski definition) is 1. The molecule has 1 rings (SSSR count). The maximum absolute atomic E-state index is 10.1. The molecule has 0 saturated heterocycles. The number of hydrogen-bond acceptors (Lipinski definition) is 3. The molecule has 1 aromatic rings. The van der Waals surface area contributed by atoms with Crippen LogP contribution in [0.15, 0.2) is 17.5 Å². The summed E-state index contributed by atoms with van der Waals surface area (Å²) in [5.41, 5.74) is 0. The second-order valence-electron chi connectivity index (χ2n) is 2.06. The molecule has 0 unspecified atom stereocenters. The van der Waals surface area contributed by atoms with Crippen LogP contribution in [0.2, 0.25) is 0 Å². The molecule has 0 radical (unpaired) electrons. The highest BCUT2D eigenvalue weighted by molar-refractivity contribution is 7.11. The maximum atomic E-state index is 10.1. The van der Waals surface area contributed by atoms with Crippen molar-refractivity contribution in [3.05, 3.63) is 22.4 Å². The van der Waals surface area contributed by atoms with Crippen LogP contribution in [0, 0.1) is 0 Å². The number of ether oxygens (including phenoxy) is 1. The van der Waals surface area contributed by atoms with Gasteiger partial charge in [-0.15, -0.1) is 11.3 Å². The standard InChI is InChI=1S/C8H8O3S/c1-11-6-4-7(12-5-6)2-3-8(9)10/h2-5H,1H3,(H,9,10). The Morgan fingerprint density at radius 3 is 3.00 bits per heavy atom. The first-order chi connectivity index (χ1) is 5.72. The topological polar surface area (TPSA) is 46.5 Å². The molecule has 1 heterocycles. The van der Waals surface area contributed by atoms with Gasteiger partial charge in [0.1, 0.15) is 5.75 Å². The Morgan fingerprint density at radius 1 is 1.75 bits per heavy atom. The number of thiophene rings is 1. The van der Waals surface area contributed by atoms with Crippen LogP contribution in [-0.2, 0) is 4.79 Å². The molecule has 0 spiro atoms. The summed E-state index contributed by atoms with van der Waals surface area (Å²) in [5.74, 6) is -0.188. The molecular formula is C8H8O3S. The lowest BCUT2D eigenvalue weighted by molar-refractivity contribution is -0.131. The fraction of sp³-hybridized carbons (Fsp3) is 0.125. The van der Waals surface area contributed by atoms with Gasteiger partial charge in [-0.25, -0.2) is 4.79 Å². The van der Waals surface area contributed by atoms with Crippen LogP contribution in [0.3, 0.4) is 0 Å². The van der Waals surface area contributed by atoms with Crippen molar-refractivity contribution in [3.8, 4) is 5.75 Å². The van der Waals surface area contributed by atoms with Crippen molar-refractivity contribution >= 4 is 23.4 Å². The van der Waals surface area contributed by atoms with Crippen LogP contribution >= 0.6 is 11.3 Å². The molecule has 4 heteroatoms. The molecule has 0 fully saturated rings. The predicted octanol–water partition coefficient (Wildman–Crippen LogP) is 1.85. The minimum absolute atomic E-state index is 0.755. The SMILES string of the molecule is COc1csc(C=CC(=O)O)c1. The van der Waals surface area contributed by atoms with Gasteiger partial charge in [0, 0.05) is 16.3 Å². The van der Waals surface area contributed by atoms with E-state index in [1.165, 1.54) is 17.4 Å². The van der Waals surface area contributed by atoms with E-state index in [-0.39, 0.29) is 0 Å². The zero-order chi connectivity index (χ0) is 8.97. The van der Waals surface area contributed by atoms with Gasteiger partial charge in [0.05, 0.1) is 7.11 Å². The van der Waals surface area contributed by atoms with Crippen LogP contribution in [0.4, 0.5) is 0 Å². The van der Waals surface area contributed by atoms with Crippen LogP contribution in [-0.4, -0.2) is 18.2 Å². The van der Waals surface area contributed by atoms with E-state index in [1.807, 2.05) is 5.38 Å². The van der Waals surface area contributed by atoms with E-state index in [0.717, 1.165) is 16.7 Å². The van der Waals surface area contributed by atoms with E-state index in [4.69, 9.17) is 9.84 Å². The van der Waals surface area contributed by atoms with E-state index in [9.17, 15) is 4.79 Å². The molecule has 0 aliphatic heterocycles. The summed E-state index contributed by atoms with van der Waals surface area (Å²) in [7, 11) is 1.58. The minimum Gasteiger partial charge on any atom is -0.496 e. The third-order valence-electron chi connectivity index (χ3n) is 1.22. The highest BCUT2D eigenvalue weighted by Crippen LogP contribution is 2.21. The Bertz CT molecular complexity index is 301. The van der Waals surface area contributed by atoms with Gasteiger partial charge in [-0.3, -0.25) is 0 Å². The zero-order valence-corrected chi connectivity index (χ0v) is 7.30. The van der Waals surface area contributed by atoms with Gasteiger partial charge in [0.25, 0.3) is 0 Å². The van der Waals surface area contributed by atoms with Gasteiger partial charge < -0.3 is 9.84 Å². The first kappa shape index (κ1) is 8.80. The average molecular weight is 184 g/mol. The van der Waals surface area contributed by atoms with E-state index < -0.39 is 5.97 Å². The van der Waals surface area contributed by atoms with Crippen molar-refractivity contribution < 1.29 is 14.6 Å². The Balaban J connectivity index is 2.70. The summed E-state index contributed by atoms with van der Waals surface area (Å²) in [6, 6.07) is 1.78. The number of carbonyl (C=O) groups is 1. The van der Waals surface area contributed by atoms with Gasteiger partial charge in [-0.2, -0.15) is 0 Å². The molecule has 12 heavy (non-hydrogen) atoms. The van der Waals surface area contributed by atoms with Crippen LogP contribution in [0.25, 0.3) is 6.08 Å². The fourth-order valence-electron chi connectivity index (χ4n) is 0.682. The smallest absolute Gasteiger partial charge is 0.328 e. The molecule has 0 aliphatic rings. The van der Waals surface area contributed by atoms with Gasteiger partial charge in [0.15, 0.2) is 0 Å². The Labute approximate surface area is 73.9 Å². The molecule has 0 aliphatic carbocycles. The Hall–Kier alpha value is -1.29. The van der Waals surface area contributed by atoms with E-state index in [0.29, 0.717) is 0 Å². The molecule has 0 atom stereocenters. The van der Waals surface area contributed by atoms with Gasteiger partial charge >= 0.3 is 5.97 Å². The van der Waals surface area contributed by atoms with E-state index in [1.54, 1.807) is 13.2 Å². The number of rotatable bonds is 3. The molecule has 0 amide bonds. The van der Waals surface area contributed by atoms with Crippen LogP contribution in [0.5, 0.6) is 5.75 Å². The van der Waals surface area contributed by atoms with Crippen molar-refractivity contribution in [1.82, 2.24) is 0 Å². The van der Waals surface area contributed by atoms with Gasteiger partial charge in [0.2, 0.25) is 0 Å². The van der Waals surface area contributed by atoms with Gasteiger partial charge in [-0.1, -0.05) is 0 Å². The highest BCUT2D eigenvalue weighted by atomic mass is 32.1. The quantitative estimate of drug-likeness (QED) is 0.729. The molecule has 0 aromatic carbocycles. The summed E-state index contributed by atoms with van der Waals surface area (Å²) in [5, 5.41) is 10.1.